The van der Waals surface area contributed by atoms with Gasteiger partial charge in [-0.05, 0) is 38.0 Å². The SMILES string of the molecule is CC[C@H](C)[C@H](NC(=O)c1ccc(C)cc1)c1nc(-c2cccc(C)c2)no1. The molecule has 0 spiro atoms. The molecule has 0 fully saturated rings. The molecule has 5 heteroatoms. The van der Waals surface area contributed by atoms with E-state index >= 15 is 0 Å². The van der Waals surface area contributed by atoms with Crippen LogP contribution in [-0.4, -0.2) is 16.0 Å². The second-order valence-corrected chi connectivity index (χ2v) is 7.03. The lowest BCUT2D eigenvalue weighted by molar-refractivity contribution is 0.0910. The minimum Gasteiger partial charge on any atom is -0.340 e. The van der Waals surface area contributed by atoms with Gasteiger partial charge in [-0.25, -0.2) is 0 Å². The Hall–Kier alpha value is -2.95. The lowest BCUT2D eigenvalue weighted by Crippen LogP contribution is -2.32. The molecule has 0 saturated carbocycles. The predicted molar refractivity (Wildman–Crippen MR) is 105 cm³/mol. The van der Waals surface area contributed by atoms with Crippen molar-refractivity contribution in [3.8, 4) is 11.4 Å². The maximum Gasteiger partial charge on any atom is 0.251 e. The molecule has 27 heavy (non-hydrogen) atoms. The fourth-order valence-corrected chi connectivity index (χ4v) is 2.88. The normalized spacial score (nSPS) is 13.2. The lowest BCUT2D eigenvalue weighted by atomic mass is 9.98. The quantitative estimate of drug-likeness (QED) is 0.678. The van der Waals surface area contributed by atoms with Crippen LogP contribution in [0.4, 0.5) is 0 Å². The summed E-state index contributed by atoms with van der Waals surface area (Å²) in [6, 6.07) is 15.1. The third-order valence-electron chi connectivity index (χ3n) is 4.80. The average Bonchev–Trinajstić information content (AvgIpc) is 3.15. The second kappa shape index (κ2) is 8.16. The Bertz CT molecular complexity index is 915. The van der Waals surface area contributed by atoms with Gasteiger partial charge in [-0.2, -0.15) is 4.98 Å². The van der Waals surface area contributed by atoms with Crippen LogP contribution in [0.2, 0.25) is 0 Å². The zero-order valence-electron chi connectivity index (χ0n) is 16.2. The number of hydrogen-bond acceptors (Lipinski definition) is 4. The van der Waals surface area contributed by atoms with Crippen LogP contribution in [-0.2, 0) is 0 Å². The first-order chi connectivity index (χ1) is 13.0. The van der Waals surface area contributed by atoms with E-state index in [4.69, 9.17) is 4.52 Å². The fourth-order valence-electron chi connectivity index (χ4n) is 2.88. The van der Waals surface area contributed by atoms with Crippen molar-refractivity contribution >= 4 is 5.91 Å². The van der Waals surface area contributed by atoms with Gasteiger partial charge in [-0.15, -0.1) is 0 Å². The topological polar surface area (TPSA) is 68.0 Å². The van der Waals surface area contributed by atoms with Crippen molar-refractivity contribution in [3.63, 3.8) is 0 Å². The maximum atomic E-state index is 12.7. The number of nitrogens with zero attached hydrogens (tertiary/aromatic N) is 2. The monoisotopic (exact) mass is 363 g/mol. The molecule has 3 rings (SSSR count). The van der Waals surface area contributed by atoms with Gasteiger partial charge in [0.1, 0.15) is 6.04 Å². The van der Waals surface area contributed by atoms with E-state index in [2.05, 4.69) is 29.3 Å². The van der Waals surface area contributed by atoms with E-state index in [0.717, 1.165) is 23.1 Å². The number of aromatic nitrogens is 2. The Kier molecular flexibility index (Phi) is 5.69. The molecule has 140 valence electrons. The molecule has 0 aliphatic rings. The Morgan fingerprint density at radius 2 is 1.85 bits per heavy atom. The molecule has 2 atom stereocenters. The number of hydrogen-bond donors (Lipinski definition) is 1. The Balaban J connectivity index is 1.85. The van der Waals surface area contributed by atoms with Crippen LogP contribution >= 0.6 is 0 Å². The summed E-state index contributed by atoms with van der Waals surface area (Å²) in [4.78, 5) is 17.2. The van der Waals surface area contributed by atoms with Crippen LogP contribution in [0, 0.1) is 19.8 Å². The lowest BCUT2D eigenvalue weighted by Gasteiger charge is -2.20. The van der Waals surface area contributed by atoms with E-state index in [1.54, 1.807) is 0 Å². The minimum atomic E-state index is -0.338. The standard InChI is InChI=1S/C22H25N3O2/c1-5-16(4)19(23-21(26)17-11-9-14(2)10-12-17)22-24-20(25-27-22)18-8-6-7-15(3)13-18/h6-13,16,19H,5H2,1-4H3,(H,23,26)/t16-,19-/m0/s1. The number of carbonyl (C=O) groups is 1. The summed E-state index contributed by atoms with van der Waals surface area (Å²) < 4.78 is 5.52. The molecular formula is C22H25N3O2. The highest BCUT2D eigenvalue weighted by molar-refractivity contribution is 5.94. The first kappa shape index (κ1) is 18.8. The smallest absolute Gasteiger partial charge is 0.251 e. The largest absolute Gasteiger partial charge is 0.340 e. The van der Waals surface area contributed by atoms with Crippen LogP contribution < -0.4 is 5.32 Å². The van der Waals surface area contributed by atoms with Gasteiger partial charge in [-0.3, -0.25) is 4.79 Å². The number of benzene rings is 2. The number of carbonyl (C=O) groups excluding carboxylic acids is 1. The van der Waals surface area contributed by atoms with Crippen molar-refractivity contribution in [1.29, 1.82) is 0 Å². The molecule has 0 radical (unpaired) electrons. The van der Waals surface area contributed by atoms with E-state index in [9.17, 15) is 4.79 Å². The number of amides is 1. The highest BCUT2D eigenvalue weighted by atomic mass is 16.5. The molecule has 0 aliphatic carbocycles. The zero-order valence-corrected chi connectivity index (χ0v) is 16.2. The van der Waals surface area contributed by atoms with Crippen LogP contribution in [0.3, 0.4) is 0 Å². The average molecular weight is 363 g/mol. The highest BCUT2D eigenvalue weighted by Gasteiger charge is 2.27. The molecule has 0 unspecified atom stereocenters. The molecule has 0 aliphatic heterocycles. The van der Waals surface area contributed by atoms with Crippen LogP contribution in [0.1, 0.15) is 53.7 Å². The molecule has 1 N–H and O–H groups in total. The van der Waals surface area contributed by atoms with Crippen molar-refractivity contribution in [2.45, 2.75) is 40.2 Å². The maximum absolute atomic E-state index is 12.7. The molecule has 2 aromatic carbocycles. The molecule has 0 saturated heterocycles. The molecule has 5 nitrogen and oxygen atoms in total. The highest BCUT2D eigenvalue weighted by Crippen LogP contribution is 2.26. The summed E-state index contributed by atoms with van der Waals surface area (Å²) in [7, 11) is 0. The fraction of sp³-hybridized carbons (Fsp3) is 0.318. The van der Waals surface area contributed by atoms with Gasteiger partial charge in [0, 0.05) is 11.1 Å². The van der Waals surface area contributed by atoms with Crippen molar-refractivity contribution < 1.29 is 9.32 Å². The molecule has 1 aromatic heterocycles. The van der Waals surface area contributed by atoms with Crippen molar-refractivity contribution in [2.75, 3.05) is 0 Å². The Labute approximate surface area is 159 Å². The Morgan fingerprint density at radius 3 is 2.52 bits per heavy atom. The van der Waals surface area contributed by atoms with Crippen LogP contribution in [0.15, 0.2) is 53.1 Å². The molecule has 1 heterocycles. The van der Waals surface area contributed by atoms with Gasteiger partial charge in [0.05, 0.1) is 0 Å². The molecular weight excluding hydrogens is 338 g/mol. The van der Waals surface area contributed by atoms with E-state index in [-0.39, 0.29) is 17.9 Å². The summed E-state index contributed by atoms with van der Waals surface area (Å²) in [6.07, 6.45) is 0.876. The van der Waals surface area contributed by atoms with E-state index < -0.39 is 0 Å². The van der Waals surface area contributed by atoms with Crippen LogP contribution in [0.5, 0.6) is 0 Å². The van der Waals surface area contributed by atoms with Crippen LogP contribution in [0.25, 0.3) is 11.4 Å². The number of aryl methyl sites for hydroxylation is 2. The predicted octanol–water partition coefficient (Wildman–Crippen LogP) is 4.87. The molecule has 0 bridgehead atoms. The van der Waals surface area contributed by atoms with Gasteiger partial charge < -0.3 is 9.84 Å². The summed E-state index contributed by atoms with van der Waals surface area (Å²) >= 11 is 0. The summed E-state index contributed by atoms with van der Waals surface area (Å²) in [5.74, 6) is 0.980. The van der Waals surface area contributed by atoms with Crippen molar-refractivity contribution in [1.82, 2.24) is 15.5 Å². The first-order valence-corrected chi connectivity index (χ1v) is 9.26. The third-order valence-corrected chi connectivity index (χ3v) is 4.80. The molecule has 3 aromatic rings. The third kappa shape index (κ3) is 4.42. The summed E-state index contributed by atoms with van der Waals surface area (Å²) in [6.45, 7) is 8.16. The van der Waals surface area contributed by atoms with E-state index in [1.807, 2.05) is 62.4 Å². The van der Waals surface area contributed by atoms with Gasteiger partial charge in [0.15, 0.2) is 0 Å². The minimum absolute atomic E-state index is 0.143. The number of nitrogens with one attached hydrogen (secondary N) is 1. The van der Waals surface area contributed by atoms with E-state index in [1.165, 1.54) is 0 Å². The second-order valence-electron chi connectivity index (χ2n) is 7.03. The Morgan fingerprint density at radius 1 is 1.11 bits per heavy atom. The van der Waals surface area contributed by atoms with Gasteiger partial charge in [0.25, 0.3) is 5.91 Å². The summed E-state index contributed by atoms with van der Waals surface area (Å²) in [5.41, 5.74) is 3.76. The van der Waals surface area contributed by atoms with Gasteiger partial charge in [0.2, 0.25) is 11.7 Å². The number of rotatable bonds is 6. The van der Waals surface area contributed by atoms with Gasteiger partial charge >= 0.3 is 0 Å². The zero-order chi connectivity index (χ0) is 19.4. The van der Waals surface area contributed by atoms with E-state index in [0.29, 0.717) is 17.3 Å². The van der Waals surface area contributed by atoms with Gasteiger partial charge in [-0.1, -0.05) is 66.9 Å². The van der Waals surface area contributed by atoms with Crippen molar-refractivity contribution in [2.24, 2.45) is 5.92 Å². The first-order valence-electron chi connectivity index (χ1n) is 9.26. The van der Waals surface area contributed by atoms with Crippen molar-refractivity contribution in [3.05, 3.63) is 71.1 Å². The summed E-state index contributed by atoms with van der Waals surface area (Å²) in [5, 5.41) is 7.18. The molecule has 1 amide bonds.